The Morgan fingerprint density at radius 1 is 1.47 bits per heavy atom. The fourth-order valence-corrected chi connectivity index (χ4v) is 2.01. The highest BCUT2D eigenvalue weighted by molar-refractivity contribution is 5.92. The highest BCUT2D eigenvalue weighted by Gasteiger charge is 2.26. The second kappa shape index (κ2) is 3.41. The summed E-state index contributed by atoms with van der Waals surface area (Å²) in [6.45, 7) is 0. The molecule has 1 fully saturated rings. The number of aromatic nitrogens is 2. The Bertz CT molecular complexity index is 671. The maximum Gasteiger partial charge on any atom is 0.341 e. The summed E-state index contributed by atoms with van der Waals surface area (Å²) < 4.78 is 1.88. The topological polar surface area (TPSA) is 72.2 Å². The zero-order valence-electron chi connectivity index (χ0n) is 8.96. The first-order valence-electron chi connectivity index (χ1n) is 5.40. The second-order valence-electron chi connectivity index (χ2n) is 4.21. The smallest absolute Gasteiger partial charge is 0.341 e. The Morgan fingerprint density at radius 3 is 2.88 bits per heavy atom. The molecule has 0 spiro atoms. The van der Waals surface area contributed by atoms with Gasteiger partial charge in [0.05, 0.1) is 10.9 Å². The van der Waals surface area contributed by atoms with Crippen molar-refractivity contribution < 1.29 is 9.90 Å². The number of carbonyl (C=O) groups is 1. The molecule has 0 aromatic carbocycles. The standard InChI is InChI=1S/C12H10N2O3/c15-11-8-5-13-4-3-10(8)14(7-1-2-7)6-9(11)12(16)17/h3-7H,1-2H2,(H,16,17). The fourth-order valence-electron chi connectivity index (χ4n) is 2.01. The predicted octanol–water partition coefficient (Wildman–Crippen LogP) is 1.43. The van der Waals surface area contributed by atoms with E-state index in [4.69, 9.17) is 5.11 Å². The molecule has 1 aliphatic carbocycles. The number of pyridine rings is 2. The van der Waals surface area contributed by atoms with Crippen LogP contribution in [0.25, 0.3) is 10.9 Å². The number of carboxylic acids is 1. The predicted molar refractivity (Wildman–Crippen MR) is 61.2 cm³/mol. The Kier molecular flexibility index (Phi) is 2.01. The molecule has 0 amide bonds. The first-order chi connectivity index (χ1) is 8.18. The van der Waals surface area contributed by atoms with E-state index in [9.17, 15) is 9.59 Å². The van der Waals surface area contributed by atoms with Crippen LogP contribution in [-0.2, 0) is 0 Å². The summed E-state index contributed by atoms with van der Waals surface area (Å²) in [5.74, 6) is -1.19. The van der Waals surface area contributed by atoms with Gasteiger partial charge in [0.25, 0.3) is 0 Å². The van der Waals surface area contributed by atoms with Gasteiger partial charge in [0.2, 0.25) is 5.43 Å². The van der Waals surface area contributed by atoms with Crippen LogP contribution in [0.5, 0.6) is 0 Å². The van der Waals surface area contributed by atoms with Crippen molar-refractivity contribution in [3.05, 3.63) is 40.4 Å². The van der Waals surface area contributed by atoms with E-state index >= 15 is 0 Å². The molecule has 0 unspecified atom stereocenters. The van der Waals surface area contributed by atoms with Gasteiger partial charge in [0.1, 0.15) is 5.56 Å². The van der Waals surface area contributed by atoms with Gasteiger partial charge in [-0.25, -0.2) is 4.79 Å². The molecule has 0 atom stereocenters. The molecular formula is C12H10N2O3. The zero-order valence-corrected chi connectivity index (χ0v) is 8.96. The molecule has 2 heterocycles. The second-order valence-corrected chi connectivity index (χ2v) is 4.21. The lowest BCUT2D eigenvalue weighted by molar-refractivity contribution is 0.0695. The minimum atomic E-state index is -1.19. The first-order valence-corrected chi connectivity index (χ1v) is 5.40. The number of fused-ring (bicyclic) bond motifs is 1. The van der Waals surface area contributed by atoms with Gasteiger partial charge >= 0.3 is 5.97 Å². The third-order valence-corrected chi connectivity index (χ3v) is 3.00. The van der Waals surface area contributed by atoms with Crippen LogP contribution in [0, 0.1) is 0 Å². The molecule has 2 aromatic heterocycles. The van der Waals surface area contributed by atoms with Gasteiger partial charge in [-0.15, -0.1) is 0 Å². The zero-order chi connectivity index (χ0) is 12.0. The molecule has 86 valence electrons. The van der Waals surface area contributed by atoms with Gasteiger partial charge in [-0.05, 0) is 18.9 Å². The maximum absolute atomic E-state index is 11.9. The van der Waals surface area contributed by atoms with E-state index in [1.54, 1.807) is 12.3 Å². The fraction of sp³-hybridized carbons (Fsp3) is 0.250. The molecule has 17 heavy (non-hydrogen) atoms. The summed E-state index contributed by atoms with van der Waals surface area (Å²) in [6.07, 6.45) is 6.55. The Balaban J connectivity index is 2.42. The van der Waals surface area contributed by atoms with Gasteiger partial charge in [0, 0.05) is 24.6 Å². The van der Waals surface area contributed by atoms with Crippen molar-refractivity contribution in [2.75, 3.05) is 0 Å². The largest absolute Gasteiger partial charge is 0.477 e. The van der Waals surface area contributed by atoms with Crippen LogP contribution >= 0.6 is 0 Å². The van der Waals surface area contributed by atoms with Crippen LogP contribution in [0.4, 0.5) is 0 Å². The molecule has 0 aliphatic heterocycles. The van der Waals surface area contributed by atoms with Crippen LogP contribution in [-0.4, -0.2) is 20.6 Å². The van der Waals surface area contributed by atoms with Crippen molar-refractivity contribution in [1.82, 2.24) is 9.55 Å². The maximum atomic E-state index is 11.9. The quantitative estimate of drug-likeness (QED) is 0.847. The lowest BCUT2D eigenvalue weighted by Crippen LogP contribution is -2.18. The monoisotopic (exact) mass is 230 g/mol. The van der Waals surface area contributed by atoms with Crippen molar-refractivity contribution in [2.24, 2.45) is 0 Å². The minimum Gasteiger partial charge on any atom is -0.477 e. The molecule has 2 aromatic rings. The third-order valence-electron chi connectivity index (χ3n) is 3.00. The van der Waals surface area contributed by atoms with Gasteiger partial charge in [0.15, 0.2) is 0 Å². The van der Waals surface area contributed by atoms with Crippen molar-refractivity contribution in [2.45, 2.75) is 18.9 Å². The highest BCUT2D eigenvalue weighted by atomic mass is 16.4. The lowest BCUT2D eigenvalue weighted by atomic mass is 10.2. The van der Waals surface area contributed by atoms with E-state index in [1.807, 2.05) is 4.57 Å². The van der Waals surface area contributed by atoms with E-state index < -0.39 is 11.4 Å². The van der Waals surface area contributed by atoms with E-state index in [0.717, 1.165) is 18.4 Å². The van der Waals surface area contributed by atoms with E-state index in [0.29, 0.717) is 11.4 Å². The van der Waals surface area contributed by atoms with Crippen molar-refractivity contribution in [3.63, 3.8) is 0 Å². The highest BCUT2D eigenvalue weighted by Crippen LogP contribution is 2.36. The molecule has 1 N–H and O–H groups in total. The number of nitrogens with zero attached hydrogens (tertiary/aromatic N) is 2. The van der Waals surface area contributed by atoms with Gasteiger partial charge in [-0.2, -0.15) is 0 Å². The Morgan fingerprint density at radius 2 is 2.24 bits per heavy atom. The molecule has 3 rings (SSSR count). The average molecular weight is 230 g/mol. The normalized spacial score (nSPS) is 15.1. The number of carboxylic acid groups (broad SMARTS) is 1. The van der Waals surface area contributed by atoms with Crippen molar-refractivity contribution >= 4 is 16.9 Å². The summed E-state index contributed by atoms with van der Waals surface area (Å²) in [5.41, 5.74) is 0.118. The van der Waals surface area contributed by atoms with Crippen LogP contribution in [0.1, 0.15) is 29.2 Å². The summed E-state index contributed by atoms with van der Waals surface area (Å²) in [5, 5.41) is 9.39. The molecule has 0 bridgehead atoms. The molecule has 5 nitrogen and oxygen atoms in total. The van der Waals surface area contributed by atoms with Crippen molar-refractivity contribution in [1.29, 1.82) is 0 Å². The minimum absolute atomic E-state index is 0.183. The number of aromatic carboxylic acids is 1. The summed E-state index contributed by atoms with van der Waals surface area (Å²) in [6, 6.07) is 2.07. The summed E-state index contributed by atoms with van der Waals surface area (Å²) >= 11 is 0. The average Bonchev–Trinajstić information content (AvgIpc) is 3.13. The number of hydrogen-bond acceptors (Lipinski definition) is 3. The van der Waals surface area contributed by atoms with Crippen LogP contribution in [0.15, 0.2) is 29.5 Å². The SMILES string of the molecule is O=C(O)c1cn(C2CC2)c2ccncc2c1=O. The van der Waals surface area contributed by atoms with Gasteiger partial charge < -0.3 is 9.67 Å². The van der Waals surface area contributed by atoms with E-state index in [-0.39, 0.29) is 5.56 Å². The van der Waals surface area contributed by atoms with Gasteiger partial charge in [-0.1, -0.05) is 0 Å². The van der Waals surface area contributed by atoms with Crippen LogP contribution in [0.2, 0.25) is 0 Å². The van der Waals surface area contributed by atoms with Crippen LogP contribution in [0.3, 0.4) is 0 Å². The van der Waals surface area contributed by atoms with E-state index in [2.05, 4.69) is 4.98 Å². The molecule has 5 heteroatoms. The van der Waals surface area contributed by atoms with Crippen LogP contribution < -0.4 is 5.43 Å². The van der Waals surface area contributed by atoms with Crippen molar-refractivity contribution in [3.8, 4) is 0 Å². The number of hydrogen-bond donors (Lipinski definition) is 1. The Hall–Kier alpha value is -2.17. The Labute approximate surface area is 96.3 Å². The lowest BCUT2D eigenvalue weighted by Gasteiger charge is -2.10. The molecular weight excluding hydrogens is 220 g/mol. The van der Waals surface area contributed by atoms with Gasteiger partial charge in [-0.3, -0.25) is 9.78 Å². The molecule has 0 radical (unpaired) electrons. The summed E-state index contributed by atoms with van der Waals surface area (Å²) in [4.78, 5) is 26.8. The third kappa shape index (κ3) is 1.51. The van der Waals surface area contributed by atoms with E-state index in [1.165, 1.54) is 12.4 Å². The number of rotatable bonds is 2. The molecule has 1 aliphatic rings. The first kappa shape index (κ1) is 10.0. The summed E-state index contributed by atoms with van der Waals surface area (Å²) in [7, 11) is 0. The molecule has 1 saturated carbocycles. The molecule has 0 saturated heterocycles.